The Bertz CT molecular complexity index is 406. The lowest BCUT2D eigenvalue weighted by atomic mass is 9.79. The first-order valence-corrected chi connectivity index (χ1v) is 7.70. The maximum Gasteiger partial charge on any atom is 0.123 e. The van der Waals surface area contributed by atoms with Gasteiger partial charge in [-0.2, -0.15) is 0 Å². The maximum absolute atomic E-state index is 5.98. The lowest BCUT2D eigenvalue weighted by Crippen LogP contribution is -2.41. The van der Waals surface area contributed by atoms with Crippen molar-refractivity contribution in [3.63, 3.8) is 0 Å². The standard InChI is InChI=1S/C17H25NO/c1-12-7-8-15(9-13(12)2)18-11-16-10-14-5-3-4-6-17(14)19-16/h3-6,12-13,15-16,18H,7-11H2,1-2H3. The Labute approximate surface area is 116 Å². The minimum atomic E-state index is 0.326. The Balaban J connectivity index is 1.47. The van der Waals surface area contributed by atoms with Crippen molar-refractivity contribution in [2.24, 2.45) is 11.8 Å². The van der Waals surface area contributed by atoms with Gasteiger partial charge >= 0.3 is 0 Å². The molecule has 4 atom stereocenters. The second kappa shape index (κ2) is 5.54. The minimum Gasteiger partial charge on any atom is -0.488 e. The van der Waals surface area contributed by atoms with Gasteiger partial charge in [-0.05, 0) is 42.7 Å². The molecule has 1 aliphatic heterocycles. The number of para-hydroxylation sites is 1. The second-order valence-corrected chi connectivity index (χ2v) is 6.42. The molecule has 19 heavy (non-hydrogen) atoms. The van der Waals surface area contributed by atoms with E-state index in [0.29, 0.717) is 12.1 Å². The minimum absolute atomic E-state index is 0.326. The summed E-state index contributed by atoms with van der Waals surface area (Å²) in [5, 5.41) is 3.72. The van der Waals surface area contributed by atoms with E-state index < -0.39 is 0 Å². The molecule has 1 heterocycles. The molecule has 1 saturated carbocycles. The highest BCUT2D eigenvalue weighted by Gasteiger charge is 2.27. The zero-order chi connectivity index (χ0) is 13.2. The molecule has 1 aromatic rings. The van der Waals surface area contributed by atoms with Crippen LogP contribution in [-0.4, -0.2) is 18.7 Å². The third kappa shape index (κ3) is 2.94. The molecule has 0 saturated heterocycles. The third-order valence-electron chi connectivity index (χ3n) is 4.95. The van der Waals surface area contributed by atoms with Crippen LogP contribution in [0, 0.1) is 11.8 Å². The van der Waals surface area contributed by atoms with Crippen molar-refractivity contribution in [1.29, 1.82) is 0 Å². The molecule has 0 amide bonds. The van der Waals surface area contributed by atoms with Gasteiger partial charge in [0.25, 0.3) is 0 Å². The van der Waals surface area contributed by atoms with E-state index in [4.69, 9.17) is 4.74 Å². The topological polar surface area (TPSA) is 21.3 Å². The van der Waals surface area contributed by atoms with E-state index in [1.807, 2.05) is 0 Å². The molecular formula is C17H25NO. The van der Waals surface area contributed by atoms with Crippen LogP contribution in [0.1, 0.15) is 38.7 Å². The predicted molar refractivity (Wildman–Crippen MR) is 78.5 cm³/mol. The predicted octanol–water partition coefficient (Wildman–Crippen LogP) is 3.40. The summed E-state index contributed by atoms with van der Waals surface area (Å²) in [4.78, 5) is 0. The number of hydrogen-bond donors (Lipinski definition) is 1. The summed E-state index contributed by atoms with van der Waals surface area (Å²) in [5.41, 5.74) is 1.36. The first-order valence-electron chi connectivity index (χ1n) is 7.70. The molecule has 2 nitrogen and oxygen atoms in total. The maximum atomic E-state index is 5.98. The number of rotatable bonds is 3. The van der Waals surface area contributed by atoms with Crippen molar-refractivity contribution >= 4 is 0 Å². The molecule has 1 aromatic carbocycles. The largest absolute Gasteiger partial charge is 0.488 e. The van der Waals surface area contributed by atoms with Gasteiger partial charge in [0, 0.05) is 19.0 Å². The van der Waals surface area contributed by atoms with Gasteiger partial charge in [-0.15, -0.1) is 0 Å². The lowest BCUT2D eigenvalue weighted by molar-refractivity contribution is 0.188. The average Bonchev–Trinajstić information content (AvgIpc) is 2.83. The van der Waals surface area contributed by atoms with Gasteiger partial charge in [-0.1, -0.05) is 32.0 Å². The van der Waals surface area contributed by atoms with Crippen molar-refractivity contribution in [1.82, 2.24) is 5.32 Å². The normalized spacial score (nSPS) is 33.8. The molecule has 3 rings (SSSR count). The van der Waals surface area contributed by atoms with E-state index in [9.17, 15) is 0 Å². The van der Waals surface area contributed by atoms with Crippen LogP contribution in [0.25, 0.3) is 0 Å². The van der Waals surface area contributed by atoms with E-state index in [1.54, 1.807) is 0 Å². The molecular weight excluding hydrogens is 234 g/mol. The molecule has 1 fully saturated rings. The molecule has 2 heteroatoms. The van der Waals surface area contributed by atoms with E-state index in [1.165, 1.54) is 24.8 Å². The Morgan fingerprint density at radius 2 is 2.00 bits per heavy atom. The highest BCUT2D eigenvalue weighted by molar-refractivity contribution is 5.37. The monoisotopic (exact) mass is 259 g/mol. The van der Waals surface area contributed by atoms with E-state index in [0.717, 1.165) is 30.6 Å². The molecule has 4 unspecified atom stereocenters. The van der Waals surface area contributed by atoms with Crippen LogP contribution in [0.15, 0.2) is 24.3 Å². The summed E-state index contributed by atoms with van der Waals surface area (Å²) in [6.07, 6.45) is 5.39. The fourth-order valence-electron chi connectivity index (χ4n) is 3.40. The van der Waals surface area contributed by atoms with Crippen LogP contribution in [0.5, 0.6) is 5.75 Å². The third-order valence-corrected chi connectivity index (χ3v) is 4.95. The zero-order valence-electron chi connectivity index (χ0n) is 12.1. The number of benzene rings is 1. The highest BCUT2D eigenvalue weighted by atomic mass is 16.5. The highest BCUT2D eigenvalue weighted by Crippen LogP contribution is 2.30. The van der Waals surface area contributed by atoms with Crippen LogP contribution in [-0.2, 0) is 6.42 Å². The average molecular weight is 259 g/mol. The van der Waals surface area contributed by atoms with Crippen LogP contribution in [0.2, 0.25) is 0 Å². The zero-order valence-corrected chi connectivity index (χ0v) is 12.1. The van der Waals surface area contributed by atoms with Crippen LogP contribution in [0.3, 0.4) is 0 Å². The van der Waals surface area contributed by atoms with E-state index >= 15 is 0 Å². The summed E-state index contributed by atoms with van der Waals surface area (Å²) in [5.74, 6) is 2.83. The molecule has 104 valence electrons. The Kier molecular flexibility index (Phi) is 3.79. The van der Waals surface area contributed by atoms with Crippen LogP contribution in [0.4, 0.5) is 0 Å². The van der Waals surface area contributed by atoms with Crippen LogP contribution < -0.4 is 10.1 Å². The number of ether oxygens (including phenoxy) is 1. The van der Waals surface area contributed by atoms with Crippen LogP contribution >= 0.6 is 0 Å². The van der Waals surface area contributed by atoms with Gasteiger partial charge in [0.05, 0.1) is 0 Å². The fourth-order valence-corrected chi connectivity index (χ4v) is 3.40. The molecule has 2 aliphatic rings. The fraction of sp³-hybridized carbons (Fsp3) is 0.647. The lowest BCUT2D eigenvalue weighted by Gasteiger charge is -2.33. The van der Waals surface area contributed by atoms with Crippen molar-refractivity contribution in [3.8, 4) is 5.75 Å². The van der Waals surface area contributed by atoms with Gasteiger partial charge in [0.1, 0.15) is 11.9 Å². The smallest absolute Gasteiger partial charge is 0.123 e. The van der Waals surface area contributed by atoms with Gasteiger partial charge in [-0.3, -0.25) is 0 Å². The molecule has 0 spiro atoms. The van der Waals surface area contributed by atoms with Gasteiger partial charge in [0.15, 0.2) is 0 Å². The van der Waals surface area contributed by atoms with Crippen molar-refractivity contribution in [2.75, 3.05) is 6.54 Å². The molecule has 1 N–H and O–H groups in total. The Morgan fingerprint density at radius 3 is 2.79 bits per heavy atom. The summed E-state index contributed by atoms with van der Waals surface area (Å²) in [6.45, 7) is 5.76. The van der Waals surface area contributed by atoms with Gasteiger partial charge in [0.2, 0.25) is 0 Å². The molecule has 0 bridgehead atoms. The molecule has 0 radical (unpaired) electrons. The van der Waals surface area contributed by atoms with Gasteiger partial charge in [-0.25, -0.2) is 0 Å². The summed E-state index contributed by atoms with van der Waals surface area (Å²) in [6, 6.07) is 9.11. The number of nitrogens with one attached hydrogen (secondary N) is 1. The van der Waals surface area contributed by atoms with Crippen molar-refractivity contribution in [3.05, 3.63) is 29.8 Å². The SMILES string of the molecule is CC1CCC(NCC2Cc3ccccc3O2)CC1C. The number of hydrogen-bond acceptors (Lipinski definition) is 2. The van der Waals surface area contributed by atoms with E-state index in [-0.39, 0.29) is 0 Å². The molecule has 0 aromatic heterocycles. The van der Waals surface area contributed by atoms with E-state index in [2.05, 4.69) is 43.4 Å². The summed E-state index contributed by atoms with van der Waals surface area (Å²) < 4.78 is 5.98. The Morgan fingerprint density at radius 1 is 1.16 bits per heavy atom. The summed E-state index contributed by atoms with van der Waals surface area (Å²) >= 11 is 0. The second-order valence-electron chi connectivity index (χ2n) is 6.42. The quantitative estimate of drug-likeness (QED) is 0.898. The van der Waals surface area contributed by atoms with Gasteiger partial charge < -0.3 is 10.1 Å². The Hall–Kier alpha value is -1.02. The number of fused-ring (bicyclic) bond motifs is 1. The van der Waals surface area contributed by atoms with Crippen molar-refractivity contribution in [2.45, 2.75) is 51.7 Å². The molecule has 1 aliphatic carbocycles. The first-order chi connectivity index (χ1) is 9.22. The summed E-state index contributed by atoms with van der Waals surface area (Å²) in [7, 11) is 0. The van der Waals surface area contributed by atoms with Crippen molar-refractivity contribution < 1.29 is 4.74 Å². The first kappa shape index (κ1) is 13.0.